The number of nitrogens with zero attached hydrogens (tertiary/aromatic N) is 2. The van der Waals surface area contributed by atoms with Gasteiger partial charge < -0.3 is 14.8 Å². The number of rotatable bonds is 5. The van der Waals surface area contributed by atoms with Crippen LogP contribution in [-0.2, 0) is 5.54 Å². The monoisotopic (exact) mass is 353 g/mol. The molecule has 2 heterocycles. The topological polar surface area (TPSA) is 37.3 Å². The first-order chi connectivity index (χ1) is 12.3. The smallest absolute Gasteiger partial charge is 0.183 e. The standard InChI is InChI=1S/C22H31N3O/c1-16-14-20(17(2)25(16)22(3,4)5)21(26)15-23-18-8-10-19(11-9-18)24-12-6-7-13-24/h8-11,14,23H,6-7,12-13,15H2,1-5H3. The van der Waals surface area contributed by atoms with Crippen LogP contribution in [0.2, 0.25) is 0 Å². The Morgan fingerprint density at radius 1 is 1.08 bits per heavy atom. The van der Waals surface area contributed by atoms with Gasteiger partial charge in [-0.05, 0) is 77.8 Å². The number of Topliss-reactive ketones (excluding diaryl/α,β-unsaturated/α-hetero) is 1. The van der Waals surface area contributed by atoms with Crippen LogP contribution in [0.15, 0.2) is 30.3 Å². The van der Waals surface area contributed by atoms with Crippen molar-refractivity contribution in [3.05, 3.63) is 47.3 Å². The number of ketones is 1. The summed E-state index contributed by atoms with van der Waals surface area (Å²) >= 11 is 0. The lowest BCUT2D eigenvalue weighted by Gasteiger charge is -2.25. The molecule has 1 aliphatic rings. The molecule has 3 rings (SSSR count). The Bertz CT molecular complexity index is 775. The van der Waals surface area contributed by atoms with E-state index in [-0.39, 0.29) is 11.3 Å². The summed E-state index contributed by atoms with van der Waals surface area (Å²) < 4.78 is 2.24. The molecule has 2 aromatic rings. The highest BCUT2D eigenvalue weighted by Crippen LogP contribution is 2.25. The zero-order valence-electron chi connectivity index (χ0n) is 16.7. The van der Waals surface area contributed by atoms with Crippen LogP contribution in [0.3, 0.4) is 0 Å². The first-order valence-corrected chi connectivity index (χ1v) is 9.59. The quantitative estimate of drug-likeness (QED) is 0.788. The Labute approximate surface area is 157 Å². The third-order valence-electron chi connectivity index (χ3n) is 5.19. The van der Waals surface area contributed by atoms with Gasteiger partial charge in [-0.25, -0.2) is 0 Å². The molecule has 1 saturated heterocycles. The number of hydrogen-bond acceptors (Lipinski definition) is 3. The molecule has 0 unspecified atom stereocenters. The Morgan fingerprint density at radius 3 is 2.23 bits per heavy atom. The van der Waals surface area contributed by atoms with Crippen LogP contribution in [0.4, 0.5) is 11.4 Å². The number of benzene rings is 1. The summed E-state index contributed by atoms with van der Waals surface area (Å²) in [5, 5.41) is 3.28. The van der Waals surface area contributed by atoms with Gasteiger partial charge in [0.15, 0.2) is 5.78 Å². The molecular formula is C22H31N3O. The van der Waals surface area contributed by atoms with E-state index in [0.29, 0.717) is 6.54 Å². The van der Waals surface area contributed by atoms with E-state index in [1.807, 2.05) is 13.0 Å². The second-order valence-electron chi connectivity index (χ2n) is 8.31. The summed E-state index contributed by atoms with van der Waals surface area (Å²) in [6.07, 6.45) is 2.56. The Kier molecular flexibility index (Phi) is 5.12. The molecule has 0 bridgehead atoms. The van der Waals surface area contributed by atoms with Gasteiger partial charge in [-0.3, -0.25) is 4.79 Å². The van der Waals surface area contributed by atoms with E-state index in [0.717, 1.165) is 35.7 Å². The van der Waals surface area contributed by atoms with Gasteiger partial charge in [0.25, 0.3) is 0 Å². The molecule has 0 aliphatic carbocycles. The van der Waals surface area contributed by atoms with Crippen LogP contribution in [0.25, 0.3) is 0 Å². The van der Waals surface area contributed by atoms with Gasteiger partial charge in [0.2, 0.25) is 0 Å². The van der Waals surface area contributed by atoms with Gasteiger partial charge in [0, 0.05) is 47.0 Å². The fourth-order valence-electron chi connectivity index (χ4n) is 4.12. The number of anilines is 2. The summed E-state index contributed by atoms with van der Waals surface area (Å²) in [6.45, 7) is 13.2. The van der Waals surface area contributed by atoms with E-state index < -0.39 is 0 Å². The third-order valence-corrected chi connectivity index (χ3v) is 5.19. The van der Waals surface area contributed by atoms with Crippen LogP contribution in [0, 0.1) is 13.8 Å². The molecule has 140 valence electrons. The highest BCUT2D eigenvalue weighted by Gasteiger charge is 2.22. The van der Waals surface area contributed by atoms with E-state index in [9.17, 15) is 4.79 Å². The molecule has 0 amide bonds. The molecule has 1 N–H and O–H groups in total. The molecule has 0 spiro atoms. The van der Waals surface area contributed by atoms with Gasteiger partial charge in [0.1, 0.15) is 0 Å². The molecule has 4 nitrogen and oxygen atoms in total. The fraction of sp³-hybridized carbons (Fsp3) is 0.500. The van der Waals surface area contributed by atoms with E-state index in [1.165, 1.54) is 18.5 Å². The van der Waals surface area contributed by atoms with Crippen molar-refractivity contribution in [2.75, 3.05) is 29.9 Å². The van der Waals surface area contributed by atoms with Gasteiger partial charge >= 0.3 is 0 Å². The Hall–Kier alpha value is -2.23. The minimum Gasteiger partial charge on any atom is -0.378 e. The van der Waals surface area contributed by atoms with Crippen molar-refractivity contribution in [3.63, 3.8) is 0 Å². The largest absolute Gasteiger partial charge is 0.378 e. The van der Waals surface area contributed by atoms with Crippen molar-refractivity contribution in [2.45, 2.75) is 53.0 Å². The summed E-state index contributed by atoms with van der Waals surface area (Å²) in [5.41, 5.74) is 5.24. The van der Waals surface area contributed by atoms with Crippen molar-refractivity contribution < 1.29 is 4.79 Å². The van der Waals surface area contributed by atoms with Crippen LogP contribution in [0.5, 0.6) is 0 Å². The van der Waals surface area contributed by atoms with E-state index >= 15 is 0 Å². The van der Waals surface area contributed by atoms with Gasteiger partial charge in [-0.1, -0.05) is 0 Å². The SMILES string of the molecule is Cc1cc(C(=O)CNc2ccc(N3CCCC3)cc2)c(C)n1C(C)(C)C. The summed E-state index contributed by atoms with van der Waals surface area (Å²) in [5.74, 6) is 0.136. The first kappa shape index (κ1) is 18.6. The van der Waals surface area contributed by atoms with E-state index in [4.69, 9.17) is 0 Å². The number of aryl methyl sites for hydroxylation is 1. The summed E-state index contributed by atoms with van der Waals surface area (Å²) in [7, 11) is 0. The third kappa shape index (κ3) is 3.79. The van der Waals surface area contributed by atoms with Crippen molar-refractivity contribution in [1.29, 1.82) is 0 Å². The van der Waals surface area contributed by atoms with Crippen LogP contribution in [-0.4, -0.2) is 30.0 Å². The molecule has 0 radical (unpaired) electrons. The van der Waals surface area contributed by atoms with Crippen molar-refractivity contribution in [1.82, 2.24) is 4.57 Å². The molecule has 1 aromatic heterocycles. The number of nitrogens with one attached hydrogen (secondary N) is 1. The fourth-order valence-corrected chi connectivity index (χ4v) is 4.12. The van der Waals surface area contributed by atoms with Crippen molar-refractivity contribution in [3.8, 4) is 0 Å². The number of aromatic nitrogens is 1. The minimum absolute atomic E-state index is 0.0223. The zero-order valence-corrected chi connectivity index (χ0v) is 16.7. The zero-order chi connectivity index (χ0) is 18.9. The minimum atomic E-state index is -0.0223. The number of carbonyl (C=O) groups excluding carboxylic acids is 1. The maximum absolute atomic E-state index is 12.7. The summed E-state index contributed by atoms with van der Waals surface area (Å²) in [4.78, 5) is 15.1. The predicted molar refractivity (Wildman–Crippen MR) is 110 cm³/mol. The van der Waals surface area contributed by atoms with Gasteiger partial charge in [-0.15, -0.1) is 0 Å². The highest BCUT2D eigenvalue weighted by atomic mass is 16.1. The maximum Gasteiger partial charge on any atom is 0.183 e. The van der Waals surface area contributed by atoms with Crippen LogP contribution >= 0.6 is 0 Å². The number of carbonyl (C=O) groups is 1. The molecule has 1 aliphatic heterocycles. The van der Waals surface area contributed by atoms with E-state index in [2.05, 4.69) is 66.7 Å². The maximum atomic E-state index is 12.7. The van der Waals surface area contributed by atoms with Gasteiger partial charge in [0.05, 0.1) is 6.54 Å². The van der Waals surface area contributed by atoms with Crippen molar-refractivity contribution in [2.24, 2.45) is 0 Å². The lowest BCUT2D eigenvalue weighted by molar-refractivity contribution is 0.101. The second-order valence-corrected chi connectivity index (χ2v) is 8.31. The molecule has 0 atom stereocenters. The first-order valence-electron chi connectivity index (χ1n) is 9.59. The van der Waals surface area contributed by atoms with Crippen LogP contribution < -0.4 is 10.2 Å². The highest BCUT2D eigenvalue weighted by molar-refractivity contribution is 6.00. The predicted octanol–water partition coefficient (Wildman–Crippen LogP) is 4.75. The molecule has 1 fully saturated rings. The van der Waals surface area contributed by atoms with Crippen LogP contribution in [0.1, 0.15) is 55.4 Å². The average molecular weight is 354 g/mol. The van der Waals surface area contributed by atoms with E-state index in [1.54, 1.807) is 0 Å². The Morgan fingerprint density at radius 2 is 1.69 bits per heavy atom. The normalized spacial score (nSPS) is 14.7. The number of hydrogen-bond donors (Lipinski definition) is 1. The second kappa shape index (κ2) is 7.18. The average Bonchev–Trinajstić information content (AvgIpc) is 3.20. The summed E-state index contributed by atoms with van der Waals surface area (Å²) in [6, 6.07) is 10.4. The lowest BCUT2D eigenvalue weighted by atomic mass is 10.1. The molecule has 26 heavy (non-hydrogen) atoms. The van der Waals surface area contributed by atoms with Crippen molar-refractivity contribution >= 4 is 17.2 Å². The molecular weight excluding hydrogens is 322 g/mol. The molecule has 4 heteroatoms. The lowest BCUT2D eigenvalue weighted by Crippen LogP contribution is -2.24. The molecule has 1 aromatic carbocycles. The molecule has 0 saturated carbocycles. The van der Waals surface area contributed by atoms with Gasteiger partial charge in [-0.2, -0.15) is 0 Å². The Balaban J connectivity index is 1.66.